The summed E-state index contributed by atoms with van der Waals surface area (Å²) in [4.78, 5) is 24.6. The number of rotatable bonds is 6. The van der Waals surface area contributed by atoms with Crippen molar-refractivity contribution < 1.29 is 22.7 Å². The van der Waals surface area contributed by atoms with Crippen molar-refractivity contribution in [1.29, 1.82) is 0 Å². The first-order chi connectivity index (χ1) is 14.7. The van der Waals surface area contributed by atoms with E-state index in [0.717, 1.165) is 15.1 Å². The molecule has 162 valence electrons. The van der Waals surface area contributed by atoms with Crippen molar-refractivity contribution in [1.82, 2.24) is 15.2 Å². The normalized spacial score (nSPS) is 12.4. The average molecular weight is 442 g/mol. The Morgan fingerprint density at radius 2 is 1.61 bits per heavy atom. The molecule has 0 saturated heterocycles. The lowest BCUT2D eigenvalue weighted by Gasteiger charge is -2.16. The van der Waals surface area contributed by atoms with Crippen molar-refractivity contribution in [2.75, 3.05) is 14.1 Å². The van der Waals surface area contributed by atoms with E-state index in [9.17, 15) is 18.0 Å². The largest absolute Gasteiger partial charge is 0.481 e. The van der Waals surface area contributed by atoms with Crippen molar-refractivity contribution in [3.8, 4) is 5.75 Å². The number of benzene rings is 3. The van der Waals surface area contributed by atoms with E-state index in [0.29, 0.717) is 5.75 Å². The number of carbonyl (C=O) groups excluding carboxylic acids is 2. The number of hydrogen-bond acceptors (Lipinski definition) is 5. The minimum absolute atomic E-state index is 0.0236. The number of fused-ring (bicyclic) bond motifs is 1. The standard InChI is InChI=1S/C22H23N3O5S/c1-15(30-19-12-11-16-7-4-5-8-17(16)13-19)21(26)23-24-22(27)18-9-6-10-20(14-18)31(28,29)25(2)3/h4-15H,1-3H3,(H,23,26)(H,24,27). The van der Waals surface area contributed by atoms with E-state index in [2.05, 4.69) is 10.9 Å². The van der Waals surface area contributed by atoms with Gasteiger partial charge in [-0.2, -0.15) is 0 Å². The molecule has 0 radical (unpaired) electrons. The van der Waals surface area contributed by atoms with Crippen LogP contribution >= 0.6 is 0 Å². The first-order valence-electron chi connectivity index (χ1n) is 9.47. The Labute approximate surface area is 180 Å². The number of amides is 2. The van der Waals surface area contributed by atoms with Crippen molar-refractivity contribution in [3.63, 3.8) is 0 Å². The van der Waals surface area contributed by atoms with Gasteiger partial charge in [0.05, 0.1) is 4.90 Å². The Morgan fingerprint density at radius 3 is 2.32 bits per heavy atom. The minimum Gasteiger partial charge on any atom is -0.481 e. The molecule has 0 aliphatic rings. The lowest BCUT2D eigenvalue weighted by Crippen LogP contribution is -2.47. The summed E-state index contributed by atoms with van der Waals surface area (Å²) >= 11 is 0. The highest BCUT2D eigenvalue weighted by Gasteiger charge is 2.20. The van der Waals surface area contributed by atoms with Gasteiger partial charge in [0.2, 0.25) is 10.0 Å². The predicted molar refractivity (Wildman–Crippen MR) is 117 cm³/mol. The van der Waals surface area contributed by atoms with Crippen molar-refractivity contribution in [3.05, 3.63) is 72.3 Å². The summed E-state index contributed by atoms with van der Waals surface area (Å²) in [5.41, 5.74) is 4.66. The molecule has 0 fully saturated rings. The fraction of sp³-hybridized carbons (Fsp3) is 0.182. The van der Waals surface area contributed by atoms with E-state index in [-0.39, 0.29) is 10.5 Å². The van der Waals surface area contributed by atoms with Gasteiger partial charge < -0.3 is 4.74 Å². The fourth-order valence-corrected chi connectivity index (χ4v) is 3.75. The molecule has 0 spiro atoms. The molecular weight excluding hydrogens is 418 g/mol. The summed E-state index contributed by atoms with van der Waals surface area (Å²) in [7, 11) is -0.878. The Bertz CT molecular complexity index is 1220. The second-order valence-corrected chi connectivity index (χ2v) is 9.18. The Balaban J connectivity index is 1.61. The molecule has 0 heterocycles. The zero-order valence-electron chi connectivity index (χ0n) is 17.3. The number of nitrogens with zero attached hydrogens (tertiary/aromatic N) is 1. The van der Waals surface area contributed by atoms with Crippen LogP contribution in [-0.4, -0.2) is 44.7 Å². The number of carbonyl (C=O) groups is 2. The van der Waals surface area contributed by atoms with Gasteiger partial charge in [-0.05, 0) is 48.0 Å². The van der Waals surface area contributed by atoms with Crippen LogP contribution < -0.4 is 15.6 Å². The van der Waals surface area contributed by atoms with Crippen LogP contribution in [0, 0.1) is 0 Å². The average Bonchev–Trinajstić information content (AvgIpc) is 2.77. The fourth-order valence-electron chi connectivity index (χ4n) is 2.80. The van der Waals surface area contributed by atoms with Gasteiger partial charge in [0, 0.05) is 19.7 Å². The quantitative estimate of drug-likeness (QED) is 0.571. The highest BCUT2D eigenvalue weighted by Crippen LogP contribution is 2.21. The summed E-state index contributed by atoms with van der Waals surface area (Å²) in [6.07, 6.45) is -0.873. The van der Waals surface area contributed by atoms with Crippen molar-refractivity contribution in [2.24, 2.45) is 0 Å². The maximum atomic E-state index is 12.4. The second-order valence-electron chi connectivity index (χ2n) is 7.03. The van der Waals surface area contributed by atoms with Gasteiger partial charge in [0.25, 0.3) is 11.8 Å². The first kappa shape index (κ1) is 22.3. The molecule has 2 amide bonds. The molecule has 3 aromatic rings. The zero-order valence-corrected chi connectivity index (χ0v) is 18.1. The van der Waals surface area contributed by atoms with Crippen LogP contribution in [0.2, 0.25) is 0 Å². The summed E-state index contributed by atoms with van der Waals surface area (Å²) in [5.74, 6) is -0.685. The molecule has 0 aliphatic carbocycles. The molecule has 0 bridgehead atoms. The van der Waals surface area contributed by atoms with E-state index in [1.807, 2.05) is 36.4 Å². The molecule has 1 unspecified atom stereocenters. The molecular formula is C22H23N3O5S. The summed E-state index contributed by atoms with van der Waals surface area (Å²) < 4.78 is 31.2. The second kappa shape index (κ2) is 9.15. The number of hydrogen-bond donors (Lipinski definition) is 2. The Kier molecular flexibility index (Phi) is 6.57. The highest BCUT2D eigenvalue weighted by atomic mass is 32.2. The van der Waals surface area contributed by atoms with E-state index in [4.69, 9.17) is 4.74 Å². The van der Waals surface area contributed by atoms with Crippen LogP contribution in [0.15, 0.2) is 71.6 Å². The van der Waals surface area contributed by atoms with Crippen LogP contribution in [0.4, 0.5) is 0 Å². The van der Waals surface area contributed by atoms with E-state index in [1.165, 1.54) is 38.4 Å². The molecule has 9 heteroatoms. The number of sulfonamides is 1. The van der Waals surface area contributed by atoms with E-state index in [1.54, 1.807) is 13.0 Å². The number of ether oxygens (including phenoxy) is 1. The van der Waals surface area contributed by atoms with Crippen LogP contribution in [0.5, 0.6) is 5.75 Å². The van der Waals surface area contributed by atoms with Crippen LogP contribution in [0.25, 0.3) is 10.8 Å². The highest BCUT2D eigenvalue weighted by molar-refractivity contribution is 7.89. The third-order valence-corrected chi connectivity index (χ3v) is 6.39. The SMILES string of the molecule is CC(Oc1ccc2ccccc2c1)C(=O)NNC(=O)c1cccc(S(=O)(=O)N(C)C)c1. The lowest BCUT2D eigenvalue weighted by molar-refractivity contribution is -0.128. The molecule has 1 atom stereocenters. The number of hydrazine groups is 1. The summed E-state index contributed by atoms with van der Waals surface area (Å²) in [6.45, 7) is 1.56. The molecule has 3 rings (SSSR count). The maximum absolute atomic E-state index is 12.4. The molecule has 2 N–H and O–H groups in total. The van der Waals surface area contributed by atoms with Gasteiger partial charge in [0.1, 0.15) is 5.75 Å². The van der Waals surface area contributed by atoms with Gasteiger partial charge in [-0.1, -0.05) is 36.4 Å². The minimum atomic E-state index is -3.68. The van der Waals surface area contributed by atoms with Crippen molar-refractivity contribution >= 4 is 32.6 Å². The lowest BCUT2D eigenvalue weighted by atomic mass is 10.1. The first-order valence-corrected chi connectivity index (χ1v) is 10.9. The molecule has 0 saturated carbocycles. The van der Waals surface area contributed by atoms with Gasteiger partial charge in [-0.15, -0.1) is 0 Å². The van der Waals surface area contributed by atoms with Crippen LogP contribution in [-0.2, 0) is 14.8 Å². The third kappa shape index (κ3) is 5.19. The third-order valence-electron chi connectivity index (χ3n) is 4.58. The van der Waals surface area contributed by atoms with Crippen molar-refractivity contribution in [2.45, 2.75) is 17.9 Å². The Hall–Kier alpha value is -3.43. The summed E-state index contributed by atoms with van der Waals surface area (Å²) in [5, 5.41) is 2.03. The summed E-state index contributed by atoms with van der Waals surface area (Å²) in [6, 6.07) is 18.8. The molecule has 8 nitrogen and oxygen atoms in total. The number of nitrogens with one attached hydrogen (secondary N) is 2. The van der Waals surface area contributed by atoms with Gasteiger partial charge in [-0.3, -0.25) is 20.4 Å². The molecule has 0 aliphatic heterocycles. The Morgan fingerprint density at radius 1 is 0.903 bits per heavy atom. The molecule has 31 heavy (non-hydrogen) atoms. The monoisotopic (exact) mass is 441 g/mol. The molecule has 3 aromatic carbocycles. The van der Waals surface area contributed by atoms with Gasteiger partial charge in [0.15, 0.2) is 6.10 Å². The van der Waals surface area contributed by atoms with Gasteiger partial charge >= 0.3 is 0 Å². The smallest absolute Gasteiger partial charge is 0.279 e. The van der Waals surface area contributed by atoms with E-state index < -0.39 is 27.9 Å². The van der Waals surface area contributed by atoms with E-state index >= 15 is 0 Å². The predicted octanol–water partition coefficient (Wildman–Crippen LogP) is 2.32. The maximum Gasteiger partial charge on any atom is 0.279 e. The molecule has 0 aromatic heterocycles. The van der Waals surface area contributed by atoms with Crippen LogP contribution in [0.3, 0.4) is 0 Å². The zero-order chi connectivity index (χ0) is 22.6. The van der Waals surface area contributed by atoms with Gasteiger partial charge in [-0.25, -0.2) is 12.7 Å². The van der Waals surface area contributed by atoms with Crippen LogP contribution in [0.1, 0.15) is 17.3 Å². The topological polar surface area (TPSA) is 105 Å².